The smallest absolute Gasteiger partial charge is 0.305 e. The molecule has 0 aliphatic carbocycles. The zero-order chi connectivity index (χ0) is 24.9. The summed E-state index contributed by atoms with van der Waals surface area (Å²) in [5.41, 5.74) is 2.23. The maximum atomic E-state index is 13.0. The number of carbonyl (C=O) groups excluding carboxylic acids is 2. The molecule has 4 rings (SSSR count). The maximum absolute atomic E-state index is 13.0. The summed E-state index contributed by atoms with van der Waals surface area (Å²) in [5, 5.41) is 25.5. The van der Waals surface area contributed by atoms with Crippen molar-refractivity contribution in [3.63, 3.8) is 0 Å². The van der Waals surface area contributed by atoms with E-state index >= 15 is 0 Å². The zero-order valence-electron chi connectivity index (χ0n) is 19.0. The third-order valence-corrected chi connectivity index (χ3v) is 5.73. The molecule has 9 heteroatoms. The molecule has 2 aliphatic heterocycles. The van der Waals surface area contributed by atoms with Gasteiger partial charge >= 0.3 is 5.97 Å². The normalized spacial score (nSPS) is 17.1. The lowest BCUT2D eigenvalue weighted by Gasteiger charge is -2.33. The highest BCUT2D eigenvalue weighted by molar-refractivity contribution is 5.97. The molecule has 0 fully saturated rings. The van der Waals surface area contributed by atoms with Gasteiger partial charge in [0.15, 0.2) is 5.76 Å². The van der Waals surface area contributed by atoms with Gasteiger partial charge in [-0.2, -0.15) is 0 Å². The number of carboxylic acids is 1. The van der Waals surface area contributed by atoms with E-state index < -0.39 is 17.8 Å². The molecule has 0 radical (unpaired) electrons. The van der Waals surface area contributed by atoms with E-state index in [1.165, 1.54) is 0 Å². The van der Waals surface area contributed by atoms with Crippen LogP contribution in [-0.2, 0) is 20.9 Å². The molecule has 2 aliphatic rings. The first-order valence-corrected chi connectivity index (χ1v) is 11.0. The summed E-state index contributed by atoms with van der Waals surface area (Å²) in [6, 6.07) is 16.3. The van der Waals surface area contributed by atoms with Crippen molar-refractivity contribution in [2.75, 3.05) is 13.7 Å². The number of rotatable bonds is 8. The summed E-state index contributed by atoms with van der Waals surface area (Å²) in [5.74, 6) is -2.27. The van der Waals surface area contributed by atoms with Crippen molar-refractivity contribution in [3.8, 4) is 5.75 Å². The van der Waals surface area contributed by atoms with Crippen molar-refractivity contribution in [2.24, 2.45) is 0 Å². The van der Waals surface area contributed by atoms with Gasteiger partial charge < -0.3 is 30.5 Å². The zero-order valence-corrected chi connectivity index (χ0v) is 19.0. The molecule has 180 valence electrons. The highest BCUT2D eigenvalue weighted by Gasteiger charge is 2.35. The van der Waals surface area contributed by atoms with Crippen molar-refractivity contribution in [2.45, 2.75) is 18.9 Å². The number of fused-ring (bicyclic) bond motifs is 1. The summed E-state index contributed by atoms with van der Waals surface area (Å²) >= 11 is 0. The van der Waals surface area contributed by atoms with Gasteiger partial charge in [-0.05, 0) is 23.3 Å². The van der Waals surface area contributed by atoms with E-state index in [9.17, 15) is 19.5 Å². The number of amides is 2. The second-order valence-electron chi connectivity index (χ2n) is 8.07. The minimum atomic E-state index is -1.05. The van der Waals surface area contributed by atoms with Crippen molar-refractivity contribution in [1.29, 1.82) is 0 Å². The molecule has 4 N–H and O–H groups in total. The molecular weight excluding hydrogens is 450 g/mol. The van der Waals surface area contributed by atoms with Crippen LogP contribution in [0.25, 0.3) is 0 Å². The van der Waals surface area contributed by atoms with E-state index in [-0.39, 0.29) is 36.9 Å². The Labute approximate surface area is 202 Å². The second kappa shape index (κ2) is 10.2. The van der Waals surface area contributed by atoms with Crippen LogP contribution in [0, 0.1) is 0 Å². The molecule has 0 aromatic heterocycles. The Kier molecular flexibility index (Phi) is 6.86. The molecule has 0 bridgehead atoms. The molecule has 1 atom stereocenters. The van der Waals surface area contributed by atoms with Gasteiger partial charge in [-0.15, -0.1) is 0 Å². The van der Waals surface area contributed by atoms with E-state index in [0.717, 1.165) is 5.56 Å². The van der Waals surface area contributed by atoms with E-state index in [4.69, 9.17) is 9.84 Å². The topological polar surface area (TPSA) is 128 Å². The highest BCUT2D eigenvalue weighted by atomic mass is 16.5. The Balaban J connectivity index is 1.71. The second-order valence-corrected chi connectivity index (χ2v) is 8.07. The number of benzene rings is 2. The average Bonchev–Trinajstić information content (AvgIpc) is 2.84. The lowest BCUT2D eigenvalue weighted by Crippen LogP contribution is -2.41. The molecule has 0 saturated heterocycles. The Bertz CT molecular complexity index is 1230. The van der Waals surface area contributed by atoms with Gasteiger partial charge in [0.05, 0.1) is 25.1 Å². The minimum absolute atomic E-state index is 0.0288. The van der Waals surface area contributed by atoms with Crippen LogP contribution in [0.1, 0.15) is 23.5 Å². The van der Waals surface area contributed by atoms with Gasteiger partial charge in [0, 0.05) is 24.9 Å². The molecule has 0 spiro atoms. The Hall–Kier alpha value is -4.53. The van der Waals surface area contributed by atoms with Crippen LogP contribution in [0.4, 0.5) is 0 Å². The summed E-state index contributed by atoms with van der Waals surface area (Å²) in [6.07, 6.45) is 2.97. The predicted octanol–water partition coefficient (Wildman–Crippen LogP) is 2.55. The van der Waals surface area contributed by atoms with E-state index in [2.05, 4.69) is 10.6 Å². The Morgan fingerprint density at radius 1 is 1.11 bits per heavy atom. The summed E-state index contributed by atoms with van der Waals surface area (Å²) in [6.45, 7) is 0.159. The number of carboxylic acid groups (broad SMARTS) is 1. The molecule has 35 heavy (non-hydrogen) atoms. The first kappa shape index (κ1) is 23.6. The Morgan fingerprint density at radius 2 is 1.83 bits per heavy atom. The number of aliphatic hydroxyl groups is 1. The highest BCUT2D eigenvalue weighted by Crippen LogP contribution is 2.35. The fraction of sp³-hybridized carbons (Fsp3) is 0.192. The summed E-state index contributed by atoms with van der Waals surface area (Å²) in [4.78, 5) is 38.4. The molecule has 2 amide bonds. The largest absolute Gasteiger partial charge is 0.505 e. The van der Waals surface area contributed by atoms with Gasteiger partial charge in [-0.1, -0.05) is 48.5 Å². The van der Waals surface area contributed by atoms with Crippen LogP contribution in [0.15, 0.2) is 89.6 Å². The number of hydrogen-bond donors (Lipinski definition) is 4. The van der Waals surface area contributed by atoms with E-state index in [1.54, 1.807) is 48.6 Å². The number of aliphatic carboxylic acids is 1. The van der Waals surface area contributed by atoms with Crippen molar-refractivity contribution in [3.05, 3.63) is 101 Å². The lowest BCUT2D eigenvalue weighted by atomic mass is 9.89. The molecule has 2 aromatic rings. The number of aliphatic hydroxyl groups excluding tert-OH is 1. The molecule has 2 aromatic carbocycles. The fourth-order valence-electron chi connectivity index (χ4n) is 3.97. The van der Waals surface area contributed by atoms with Crippen LogP contribution in [0.5, 0.6) is 5.75 Å². The average molecular weight is 476 g/mol. The SMILES string of the molecule is COc1ccc(C2C=C3C(=CN(Cc4ccccc4)C(C(=O)NCCC(=O)O)=C3O)NC2=O)cc1. The van der Waals surface area contributed by atoms with Crippen LogP contribution in [-0.4, -0.2) is 46.6 Å². The Morgan fingerprint density at radius 3 is 2.49 bits per heavy atom. The minimum Gasteiger partial charge on any atom is -0.505 e. The van der Waals surface area contributed by atoms with Crippen LogP contribution in [0.3, 0.4) is 0 Å². The first-order chi connectivity index (χ1) is 16.9. The number of nitrogens with one attached hydrogen (secondary N) is 2. The quantitative estimate of drug-likeness (QED) is 0.462. The van der Waals surface area contributed by atoms with Gasteiger partial charge in [-0.25, -0.2) is 0 Å². The number of nitrogens with zero attached hydrogens (tertiary/aromatic N) is 1. The maximum Gasteiger partial charge on any atom is 0.305 e. The molecular formula is C26H25N3O6. The summed E-state index contributed by atoms with van der Waals surface area (Å²) in [7, 11) is 1.55. The number of carbonyl (C=O) groups is 3. The van der Waals surface area contributed by atoms with Crippen LogP contribution >= 0.6 is 0 Å². The third-order valence-electron chi connectivity index (χ3n) is 5.73. The van der Waals surface area contributed by atoms with Gasteiger partial charge in [-0.3, -0.25) is 14.4 Å². The monoisotopic (exact) mass is 475 g/mol. The lowest BCUT2D eigenvalue weighted by molar-refractivity contribution is -0.137. The fourth-order valence-corrected chi connectivity index (χ4v) is 3.97. The summed E-state index contributed by atoms with van der Waals surface area (Å²) < 4.78 is 5.18. The number of methoxy groups -OCH3 is 1. The van der Waals surface area contributed by atoms with Crippen molar-refractivity contribution >= 4 is 17.8 Å². The van der Waals surface area contributed by atoms with Crippen LogP contribution < -0.4 is 15.4 Å². The van der Waals surface area contributed by atoms with Gasteiger partial charge in [0.2, 0.25) is 5.91 Å². The first-order valence-electron chi connectivity index (χ1n) is 11.0. The van der Waals surface area contributed by atoms with E-state index in [1.807, 2.05) is 30.3 Å². The molecule has 9 nitrogen and oxygen atoms in total. The van der Waals surface area contributed by atoms with Crippen molar-refractivity contribution < 1.29 is 29.3 Å². The third kappa shape index (κ3) is 5.19. The van der Waals surface area contributed by atoms with Crippen molar-refractivity contribution in [1.82, 2.24) is 15.5 Å². The number of ether oxygens (including phenoxy) is 1. The predicted molar refractivity (Wildman–Crippen MR) is 127 cm³/mol. The number of hydrogen-bond acceptors (Lipinski definition) is 6. The standard InChI is InChI=1S/C26H25N3O6/c1-35-18-9-7-17(8-10-18)19-13-20-21(28-25(19)33)15-29(14-16-5-3-2-4-6-16)23(24(20)32)26(34)27-12-11-22(30)31/h2-10,13,15,19,32H,11-12,14H2,1H3,(H,27,34)(H,28,33)(H,30,31). The van der Waals surface area contributed by atoms with Crippen LogP contribution in [0.2, 0.25) is 0 Å². The molecule has 0 saturated carbocycles. The van der Waals surface area contributed by atoms with Gasteiger partial charge in [0.1, 0.15) is 11.4 Å². The molecule has 2 heterocycles. The molecule has 1 unspecified atom stereocenters. The van der Waals surface area contributed by atoms with Gasteiger partial charge in [0.25, 0.3) is 5.91 Å². The van der Waals surface area contributed by atoms with E-state index in [0.29, 0.717) is 22.6 Å².